The van der Waals surface area contributed by atoms with E-state index in [0.717, 1.165) is 6.07 Å². The van der Waals surface area contributed by atoms with Crippen molar-refractivity contribution in [3.63, 3.8) is 0 Å². The van der Waals surface area contributed by atoms with E-state index in [1.54, 1.807) is 41.5 Å². The van der Waals surface area contributed by atoms with Gasteiger partial charge in [-0.1, -0.05) is 0 Å². The van der Waals surface area contributed by atoms with Gasteiger partial charge in [-0.25, -0.2) is 19.0 Å². The Hall–Kier alpha value is -3.43. The van der Waals surface area contributed by atoms with Gasteiger partial charge in [0, 0.05) is 24.0 Å². The first-order valence-electron chi connectivity index (χ1n) is 9.07. The largest absolute Gasteiger partial charge is 0.443 e. The molecular formula is C20H25FN4O5. The number of benzene rings is 1. The first-order valence-corrected chi connectivity index (χ1v) is 9.07. The summed E-state index contributed by atoms with van der Waals surface area (Å²) in [5, 5.41) is 0. The van der Waals surface area contributed by atoms with E-state index in [2.05, 4.69) is 9.97 Å². The topological polar surface area (TPSA) is 117 Å². The Morgan fingerprint density at radius 3 is 2.07 bits per heavy atom. The fourth-order valence-electron chi connectivity index (χ4n) is 2.06. The summed E-state index contributed by atoms with van der Waals surface area (Å²) < 4.78 is 30.0. The summed E-state index contributed by atoms with van der Waals surface area (Å²) in [5.41, 5.74) is 3.97. The molecule has 0 aliphatic carbocycles. The third-order valence-electron chi connectivity index (χ3n) is 3.14. The van der Waals surface area contributed by atoms with Crippen LogP contribution in [-0.4, -0.2) is 33.4 Å². The molecule has 9 nitrogen and oxygen atoms in total. The number of imide groups is 1. The van der Waals surface area contributed by atoms with Gasteiger partial charge in [-0.05, 0) is 53.7 Å². The number of carbonyl (C=O) groups is 2. The van der Waals surface area contributed by atoms with Crippen LogP contribution in [0.25, 0.3) is 0 Å². The van der Waals surface area contributed by atoms with Crippen LogP contribution >= 0.6 is 0 Å². The zero-order chi connectivity index (χ0) is 22.7. The molecule has 10 heteroatoms. The maximum absolute atomic E-state index is 14.0. The van der Waals surface area contributed by atoms with Crippen LogP contribution in [0.5, 0.6) is 11.6 Å². The summed E-state index contributed by atoms with van der Waals surface area (Å²) in [7, 11) is 0. The van der Waals surface area contributed by atoms with Gasteiger partial charge in [0.1, 0.15) is 11.2 Å². The van der Waals surface area contributed by atoms with E-state index in [0.29, 0.717) is 4.90 Å². The van der Waals surface area contributed by atoms with Crippen molar-refractivity contribution >= 4 is 23.8 Å². The number of hydrogen-bond donors (Lipinski definition) is 1. The Kier molecular flexibility index (Phi) is 6.49. The molecular weight excluding hydrogens is 395 g/mol. The Morgan fingerprint density at radius 2 is 1.57 bits per heavy atom. The van der Waals surface area contributed by atoms with Gasteiger partial charge in [-0.3, -0.25) is 0 Å². The average molecular weight is 420 g/mol. The number of halogens is 1. The highest BCUT2D eigenvalue weighted by Gasteiger charge is 2.34. The highest BCUT2D eigenvalue weighted by molar-refractivity contribution is 6.08. The van der Waals surface area contributed by atoms with E-state index < -0.39 is 29.2 Å². The monoisotopic (exact) mass is 420 g/mol. The van der Waals surface area contributed by atoms with Gasteiger partial charge in [-0.2, -0.15) is 4.98 Å². The summed E-state index contributed by atoms with van der Waals surface area (Å²) in [6.45, 7) is 9.85. The first-order chi connectivity index (χ1) is 13.7. The van der Waals surface area contributed by atoms with E-state index in [4.69, 9.17) is 19.9 Å². The van der Waals surface area contributed by atoms with Gasteiger partial charge >= 0.3 is 12.2 Å². The minimum absolute atomic E-state index is 0.110. The number of ether oxygens (including phenoxy) is 3. The van der Waals surface area contributed by atoms with E-state index in [1.165, 1.54) is 24.4 Å². The van der Waals surface area contributed by atoms with Crippen molar-refractivity contribution in [1.82, 2.24) is 9.97 Å². The summed E-state index contributed by atoms with van der Waals surface area (Å²) in [6.07, 6.45) is -0.825. The Labute approximate surface area is 174 Å². The molecule has 0 aliphatic heterocycles. The van der Waals surface area contributed by atoms with Crippen LogP contribution in [0.3, 0.4) is 0 Å². The summed E-state index contributed by atoms with van der Waals surface area (Å²) in [4.78, 5) is 33.8. The first kappa shape index (κ1) is 22.9. The van der Waals surface area contributed by atoms with E-state index in [-0.39, 0.29) is 23.3 Å². The molecule has 0 unspecified atom stereocenters. The van der Waals surface area contributed by atoms with Crippen LogP contribution in [0, 0.1) is 5.82 Å². The molecule has 1 heterocycles. The number of amides is 2. The number of aromatic nitrogens is 2. The normalized spacial score (nSPS) is 11.6. The van der Waals surface area contributed by atoms with Crippen molar-refractivity contribution in [3.8, 4) is 11.6 Å². The van der Waals surface area contributed by atoms with Gasteiger partial charge in [-0.15, -0.1) is 4.90 Å². The standard InChI is InChI=1S/C20H25FN4O5/c1-19(2,3)29-17(26)25(18(27)30-20(4,5)6)16-23-10-9-15(24-16)28-14-8-7-12(22)11-13(14)21/h7-11H,22H2,1-6H3. The van der Waals surface area contributed by atoms with Crippen LogP contribution in [0.15, 0.2) is 30.5 Å². The molecule has 1 aromatic carbocycles. The number of rotatable bonds is 3. The smallest absolute Gasteiger partial charge is 0.427 e. The fraction of sp³-hybridized carbons (Fsp3) is 0.400. The molecule has 0 atom stereocenters. The van der Waals surface area contributed by atoms with E-state index >= 15 is 0 Å². The molecule has 30 heavy (non-hydrogen) atoms. The van der Waals surface area contributed by atoms with E-state index in [9.17, 15) is 14.0 Å². The van der Waals surface area contributed by atoms with Crippen molar-refractivity contribution in [2.75, 3.05) is 10.6 Å². The molecule has 0 radical (unpaired) electrons. The van der Waals surface area contributed by atoms with Gasteiger partial charge in [0.05, 0.1) is 0 Å². The zero-order valence-corrected chi connectivity index (χ0v) is 17.7. The molecule has 0 saturated carbocycles. The second-order valence-corrected chi connectivity index (χ2v) is 8.28. The fourth-order valence-corrected chi connectivity index (χ4v) is 2.06. The second-order valence-electron chi connectivity index (χ2n) is 8.28. The van der Waals surface area contributed by atoms with E-state index in [1.807, 2.05) is 0 Å². The highest BCUT2D eigenvalue weighted by Crippen LogP contribution is 2.26. The lowest BCUT2D eigenvalue weighted by Gasteiger charge is -2.27. The number of nitrogens with two attached hydrogens (primary N) is 1. The average Bonchev–Trinajstić information content (AvgIpc) is 2.54. The minimum Gasteiger partial charge on any atom is -0.443 e. The molecule has 0 saturated heterocycles. The van der Waals surface area contributed by atoms with Crippen LogP contribution in [0.1, 0.15) is 41.5 Å². The third-order valence-corrected chi connectivity index (χ3v) is 3.14. The quantitative estimate of drug-likeness (QED) is 0.712. The minimum atomic E-state index is -1.03. The van der Waals surface area contributed by atoms with Crippen molar-refractivity contribution < 1.29 is 28.2 Å². The van der Waals surface area contributed by atoms with Crippen LogP contribution in [0.4, 0.5) is 25.6 Å². The second kappa shape index (κ2) is 8.52. The number of nitrogens with zero attached hydrogens (tertiary/aromatic N) is 3. The van der Waals surface area contributed by atoms with Gasteiger partial charge in [0.15, 0.2) is 11.6 Å². The molecule has 0 aliphatic rings. The molecule has 162 valence electrons. The maximum Gasteiger partial charge on any atom is 0.427 e. The van der Waals surface area contributed by atoms with Gasteiger partial charge < -0.3 is 19.9 Å². The lowest BCUT2D eigenvalue weighted by atomic mass is 10.2. The SMILES string of the molecule is CC(C)(C)OC(=O)N(C(=O)OC(C)(C)C)c1nccc(Oc2ccc(N)cc2F)n1. The van der Waals surface area contributed by atoms with Gasteiger partial charge in [0.25, 0.3) is 0 Å². The maximum atomic E-state index is 14.0. The molecule has 0 bridgehead atoms. The summed E-state index contributed by atoms with van der Waals surface area (Å²) in [5.74, 6) is -1.31. The molecule has 1 aromatic heterocycles. The summed E-state index contributed by atoms with van der Waals surface area (Å²) in [6, 6.07) is 5.20. The Balaban J connectivity index is 2.39. The van der Waals surface area contributed by atoms with Crippen molar-refractivity contribution in [2.45, 2.75) is 52.7 Å². The Morgan fingerprint density at radius 1 is 1.00 bits per heavy atom. The molecule has 2 rings (SSSR count). The van der Waals surface area contributed by atoms with Crippen molar-refractivity contribution in [2.24, 2.45) is 0 Å². The predicted molar refractivity (Wildman–Crippen MR) is 108 cm³/mol. The molecule has 2 aromatic rings. The Bertz CT molecular complexity index is 910. The molecule has 0 spiro atoms. The molecule has 2 N–H and O–H groups in total. The highest BCUT2D eigenvalue weighted by atomic mass is 19.1. The van der Waals surface area contributed by atoms with Gasteiger partial charge in [0.2, 0.25) is 11.8 Å². The summed E-state index contributed by atoms with van der Waals surface area (Å²) >= 11 is 0. The number of anilines is 2. The molecule has 0 fully saturated rings. The van der Waals surface area contributed by atoms with Crippen LogP contribution < -0.4 is 15.4 Å². The molecule has 2 amide bonds. The van der Waals surface area contributed by atoms with Crippen molar-refractivity contribution in [1.29, 1.82) is 0 Å². The zero-order valence-electron chi connectivity index (χ0n) is 17.7. The lowest BCUT2D eigenvalue weighted by molar-refractivity contribution is 0.0427. The predicted octanol–water partition coefficient (Wildman–Crippen LogP) is 4.67. The number of hydrogen-bond acceptors (Lipinski definition) is 8. The third kappa shape index (κ3) is 6.57. The number of nitrogen functional groups attached to an aromatic ring is 1. The van der Waals surface area contributed by atoms with Crippen LogP contribution in [-0.2, 0) is 9.47 Å². The van der Waals surface area contributed by atoms with Crippen molar-refractivity contribution in [3.05, 3.63) is 36.3 Å². The van der Waals surface area contributed by atoms with Crippen LogP contribution in [0.2, 0.25) is 0 Å². The number of carbonyl (C=O) groups excluding carboxylic acids is 2. The lowest BCUT2D eigenvalue weighted by Crippen LogP contribution is -2.44.